The van der Waals surface area contributed by atoms with E-state index in [0.717, 1.165) is 17.7 Å². The first-order valence-corrected chi connectivity index (χ1v) is 9.53. The Kier molecular flexibility index (Phi) is 6.66. The van der Waals surface area contributed by atoms with Crippen LogP contribution in [0, 0.1) is 32.6 Å². The van der Waals surface area contributed by atoms with Crippen molar-refractivity contribution in [3.8, 4) is 0 Å². The SMILES string of the molecule is Cc1ccc(S(=O)(=O)ON(N=Cc2c([N+](=O)[O-])ccc(Cl)c2[N+](=O)[O-])C(=N)N)cc1. The molecule has 0 amide bonds. The first-order valence-electron chi connectivity index (χ1n) is 7.74. The highest BCUT2D eigenvalue weighted by Gasteiger charge is 2.28. The highest BCUT2D eigenvalue weighted by Crippen LogP contribution is 2.33. The summed E-state index contributed by atoms with van der Waals surface area (Å²) in [4.78, 5) is 20.3. The molecule has 30 heavy (non-hydrogen) atoms. The van der Waals surface area contributed by atoms with E-state index in [1.807, 2.05) is 0 Å². The van der Waals surface area contributed by atoms with E-state index in [4.69, 9.17) is 22.7 Å². The molecule has 2 rings (SSSR count). The van der Waals surface area contributed by atoms with Gasteiger partial charge in [0.2, 0.25) is 5.96 Å². The summed E-state index contributed by atoms with van der Waals surface area (Å²) in [6, 6.07) is 7.32. The number of nitro groups is 2. The van der Waals surface area contributed by atoms with Crippen molar-refractivity contribution in [3.63, 3.8) is 0 Å². The average Bonchev–Trinajstić information content (AvgIpc) is 2.64. The normalized spacial score (nSPS) is 11.4. The number of nitrogens with zero attached hydrogens (tertiary/aromatic N) is 4. The van der Waals surface area contributed by atoms with Gasteiger partial charge in [0.25, 0.3) is 5.69 Å². The van der Waals surface area contributed by atoms with Crippen molar-refractivity contribution in [3.05, 3.63) is 72.8 Å². The van der Waals surface area contributed by atoms with Crippen molar-refractivity contribution < 1.29 is 22.5 Å². The van der Waals surface area contributed by atoms with Gasteiger partial charge in [-0.3, -0.25) is 25.6 Å². The van der Waals surface area contributed by atoms with Gasteiger partial charge >= 0.3 is 15.8 Å². The highest BCUT2D eigenvalue weighted by atomic mass is 35.5. The third kappa shape index (κ3) is 5.05. The summed E-state index contributed by atoms with van der Waals surface area (Å²) in [7, 11) is -4.49. The standard InChI is InChI=1S/C15H13ClN6O7S/c1-9-2-4-10(5-3-9)30(27,28)29-20(15(17)18)19-8-11-13(21(23)24)7-6-12(16)14(11)22(25)26/h2-8H,1H3,(H3,17,18). The summed E-state index contributed by atoms with van der Waals surface area (Å²) >= 11 is 5.74. The van der Waals surface area contributed by atoms with Crippen LogP contribution in [0.2, 0.25) is 5.02 Å². The number of hydrogen-bond donors (Lipinski definition) is 2. The third-order valence-electron chi connectivity index (χ3n) is 3.50. The minimum Gasteiger partial charge on any atom is -0.367 e. The van der Waals surface area contributed by atoms with E-state index in [2.05, 4.69) is 9.39 Å². The van der Waals surface area contributed by atoms with E-state index in [1.54, 1.807) is 6.92 Å². The Balaban J connectivity index is 2.48. The lowest BCUT2D eigenvalue weighted by Gasteiger charge is -2.15. The second-order valence-electron chi connectivity index (χ2n) is 5.59. The van der Waals surface area contributed by atoms with Crippen molar-refractivity contribution >= 4 is 45.3 Å². The number of rotatable bonds is 7. The van der Waals surface area contributed by atoms with Crippen LogP contribution < -0.4 is 5.73 Å². The zero-order valence-electron chi connectivity index (χ0n) is 15.1. The Bertz CT molecular complexity index is 1150. The van der Waals surface area contributed by atoms with Crippen LogP contribution in [0.3, 0.4) is 0 Å². The number of hydrazone groups is 1. The van der Waals surface area contributed by atoms with Crippen LogP contribution in [-0.4, -0.2) is 35.6 Å². The molecule has 0 aliphatic rings. The minimum absolute atomic E-state index is 0.0313. The molecule has 0 unspecified atom stereocenters. The molecule has 0 bridgehead atoms. The number of hydroxylamine groups is 1. The Hall–Kier alpha value is -3.62. The van der Waals surface area contributed by atoms with Gasteiger partial charge in [0.1, 0.15) is 5.02 Å². The number of halogens is 1. The van der Waals surface area contributed by atoms with Crippen LogP contribution in [0.4, 0.5) is 11.4 Å². The molecule has 2 aromatic rings. The maximum absolute atomic E-state index is 12.3. The maximum Gasteiger partial charge on any atom is 0.319 e. The van der Waals surface area contributed by atoms with Gasteiger partial charge < -0.3 is 5.73 Å². The molecule has 0 saturated carbocycles. The van der Waals surface area contributed by atoms with Crippen molar-refractivity contribution in [2.24, 2.45) is 10.8 Å². The molecule has 0 spiro atoms. The molecule has 0 heterocycles. The second kappa shape index (κ2) is 8.81. The summed E-state index contributed by atoms with van der Waals surface area (Å²) in [6.45, 7) is 1.73. The predicted octanol–water partition coefficient (Wildman–Crippen LogP) is 2.31. The monoisotopic (exact) mass is 456 g/mol. The van der Waals surface area contributed by atoms with Gasteiger partial charge in [-0.2, -0.15) is 8.42 Å². The van der Waals surface area contributed by atoms with Crippen molar-refractivity contribution in [1.29, 1.82) is 5.41 Å². The second-order valence-corrected chi connectivity index (χ2v) is 7.52. The summed E-state index contributed by atoms with van der Waals surface area (Å²) < 4.78 is 29.4. The zero-order valence-corrected chi connectivity index (χ0v) is 16.6. The van der Waals surface area contributed by atoms with E-state index < -0.39 is 47.9 Å². The average molecular weight is 457 g/mol. The lowest BCUT2D eigenvalue weighted by atomic mass is 10.1. The molecule has 13 nitrogen and oxygen atoms in total. The van der Waals surface area contributed by atoms with Gasteiger partial charge in [0, 0.05) is 6.07 Å². The molecule has 0 aliphatic heterocycles. The van der Waals surface area contributed by atoms with E-state index >= 15 is 0 Å². The Labute approximate surface area is 174 Å². The van der Waals surface area contributed by atoms with E-state index in [1.165, 1.54) is 24.3 Å². The summed E-state index contributed by atoms with van der Waals surface area (Å²) in [5.41, 5.74) is 3.79. The number of hydrogen-bond acceptors (Lipinski definition) is 9. The third-order valence-corrected chi connectivity index (χ3v) is 4.99. The predicted molar refractivity (Wildman–Crippen MR) is 106 cm³/mol. The first-order chi connectivity index (χ1) is 13.9. The van der Waals surface area contributed by atoms with Crippen LogP contribution in [0.15, 0.2) is 46.4 Å². The Morgan fingerprint density at radius 3 is 2.30 bits per heavy atom. The van der Waals surface area contributed by atoms with E-state index in [-0.39, 0.29) is 10.1 Å². The van der Waals surface area contributed by atoms with E-state index in [9.17, 15) is 28.6 Å². The Morgan fingerprint density at radius 2 is 1.80 bits per heavy atom. The van der Waals surface area contributed by atoms with Gasteiger partial charge in [-0.05, 0) is 25.1 Å². The van der Waals surface area contributed by atoms with Crippen LogP contribution in [-0.2, 0) is 14.4 Å². The molecule has 0 radical (unpaired) electrons. The van der Waals surface area contributed by atoms with Crippen molar-refractivity contribution in [1.82, 2.24) is 5.17 Å². The lowest BCUT2D eigenvalue weighted by Crippen LogP contribution is -2.34. The fourth-order valence-corrected chi connectivity index (χ4v) is 3.21. The van der Waals surface area contributed by atoms with Crippen molar-refractivity contribution in [2.45, 2.75) is 11.8 Å². The molecule has 158 valence electrons. The molecule has 3 N–H and O–H groups in total. The Morgan fingerprint density at radius 1 is 1.20 bits per heavy atom. The molecular formula is C15H13ClN6O7S. The molecule has 0 aromatic heterocycles. The summed E-state index contributed by atoms with van der Waals surface area (Å²) in [5.74, 6) is -1.02. The molecule has 15 heteroatoms. The number of aryl methyl sites for hydroxylation is 1. The van der Waals surface area contributed by atoms with Crippen LogP contribution >= 0.6 is 11.6 Å². The number of nitro benzene ring substituents is 2. The molecule has 0 fully saturated rings. The topological polar surface area (TPSA) is 195 Å². The van der Waals surface area contributed by atoms with E-state index in [0.29, 0.717) is 6.21 Å². The van der Waals surface area contributed by atoms with Gasteiger partial charge in [-0.1, -0.05) is 34.5 Å². The van der Waals surface area contributed by atoms with Gasteiger partial charge in [-0.25, -0.2) is 0 Å². The number of guanidine groups is 1. The molecule has 0 saturated heterocycles. The molecular weight excluding hydrogens is 444 g/mol. The maximum atomic E-state index is 12.3. The van der Waals surface area contributed by atoms with Crippen LogP contribution in [0.1, 0.15) is 11.1 Å². The van der Waals surface area contributed by atoms with Crippen molar-refractivity contribution in [2.75, 3.05) is 0 Å². The summed E-state index contributed by atoms with van der Waals surface area (Å²) in [6.07, 6.45) is 0.550. The molecule has 0 aliphatic carbocycles. The fraction of sp³-hybridized carbons (Fsp3) is 0.0667. The highest BCUT2D eigenvalue weighted by molar-refractivity contribution is 7.86. The summed E-state index contributed by atoms with van der Waals surface area (Å²) in [5, 5.41) is 32.9. The van der Waals surface area contributed by atoms with Crippen LogP contribution in [0.5, 0.6) is 0 Å². The first kappa shape index (κ1) is 22.7. The lowest BCUT2D eigenvalue weighted by molar-refractivity contribution is -0.394. The van der Waals surface area contributed by atoms with Crippen LogP contribution in [0.25, 0.3) is 0 Å². The molecule has 2 aromatic carbocycles. The largest absolute Gasteiger partial charge is 0.367 e. The number of benzene rings is 2. The smallest absolute Gasteiger partial charge is 0.319 e. The van der Waals surface area contributed by atoms with Gasteiger partial charge in [0.05, 0.1) is 21.0 Å². The quantitative estimate of drug-likeness (QED) is 0.271. The molecule has 0 atom stereocenters. The zero-order chi connectivity index (χ0) is 22.6. The minimum atomic E-state index is -4.49. The fourth-order valence-electron chi connectivity index (χ4n) is 2.12. The van der Waals surface area contributed by atoms with Gasteiger partial charge in [-0.15, -0.1) is 9.39 Å². The number of nitrogens with two attached hydrogens (primary N) is 1. The van der Waals surface area contributed by atoms with Gasteiger partial charge in [0.15, 0.2) is 5.56 Å². The number of nitrogens with one attached hydrogen (secondary N) is 1.